The average Bonchev–Trinajstić information content (AvgIpc) is 2.69. The lowest BCUT2D eigenvalue weighted by atomic mass is 9.96. The highest BCUT2D eigenvalue weighted by molar-refractivity contribution is 6.36. The van der Waals surface area contributed by atoms with Crippen molar-refractivity contribution in [2.45, 2.75) is 25.7 Å². The molecule has 1 saturated carbocycles. The first kappa shape index (κ1) is 11.0. The largest absolute Gasteiger partial charge is 0.294 e. The number of hydrogen-bond donors (Lipinski definition) is 0. The summed E-state index contributed by atoms with van der Waals surface area (Å²) in [6.45, 7) is 0. The van der Waals surface area contributed by atoms with Gasteiger partial charge in [0.15, 0.2) is 5.78 Å². The monoisotopic (exact) mass is 242 g/mol. The van der Waals surface area contributed by atoms with Crippen molar-refractivity contribution in [1.82, 2.24) is 0 Å². The molecular formula is C12H12Cl2O. The van der Waals surface area contributed by atoms with Crippen LogP contribution in [-0.4, -0.2) is 5.78 Å². The molecule has 1 aliphatic carbocycles. The highest BCUT2D eigenvalue weighted by atomic mass is 35.5. The van der Waals surface area contributed by atoms with Gasteiger partial charge in [-0.2, -0.15) is 0 Å². The Morgan fingerprint density at radius 3 is 2.47 bits per heavy atom. The lowest BCUT2D eigenvalue weighted by Gasteiger charge is -2.09. The van der Waals surface area contributed by atoms with Crippen LogP contribution < -0.4 is 0 Å². The van der Waals surface area contributed by atoms with Crippen molar-refractivity contribution in [2.24, 2.45) is 5.92 Å². The molecule has 0 heterocycles. The number of rotatable bonds is 2. The average molecular weight is 243 g/mol. The van der Waals surface area contributed by atoms with E-state index in [-0.39, 0.29) is 11.7 Å². The van der Waals surface area contributed by atoms with E-state index < -0.39 is 0 Å². The minimum atomic E-state index is 0.170. The second-order valence-corrected chi connectivity index (χ2v) is 4.81. The first-order valence-corrected chi connectivity index (χ1v) is 5.93. The summed E-state index contributed by atoms with van der Waals surface area (Å²) in [6.07, 6.45) is 4.30. The van der Waals surface area contributed by atoms with Crippen molar-refractivity contribution in [3.63, 3.8) is 0 Å². The summed E-state index contributed by atoms with van der Waals surface area (Å²) in [5.41, 5.74) is 0.618. The van der Waals surface area contributed by atoms with E-state index in [0.29, 0.717) is 15.6 Å². The SMILES string of the molecule is O=C(c1ccc(Cl)cc1Cl)C1CCCC1. The molecule has 1 aromatic carbocycles. The maximum atomic E-state index is 12.1. The highest BCUT2D eigenvalue weighted by Crippen LogP contribution is 2.31. The predicted molar refractivity (Wildman–Crippen MR) is 62.8 cm³/mol. The van der Waals surface area contributed by atoms with Gasteiger partial charge in [0.05, 0.1) is 5.02 Å². The van der Waals surface area contributed by atoms with Crippen LogP contribution in [0.1, 0.15) is 36.0 Å². The number of Topliss-reactive ketones (excluding diaryl/α,β-unsaturated/α-hetero) is 1. The Morgan fingerprint density at radius 1 is 1.20 bits per heavy atom. The quantitative estimate of drug-likeness (QED) is 0.705. The van der Waals surface area contributed by atoms with E-state index in [2.05, 4.69) is 0 Å². The zero-order chi connectivity index (χ0) is 10.8. The van der Waals surface area contributed by atoms with Crippen LogP contribution in [0.5, 0.6) is 0 Å². The summed E-state index contributed by atoms with van der Waals surface area (Å²) in [5.74, 6) is 0.345. The number of benzene rings is 1. The van der Waals surface area contributed by atoms with Crippen molar-refractivity contribution < 1.29 is 4.79 Å². The van der Waals surface area contributed by atoms with Crippen molar-refractivity contribution >= 4 is 29.0 Å². The predicted octanol–water partition coefficient (Wildman–Crippen LogP) is 4.37. The molecule has 0 unspecified atom stereocenters. The molecule has 80 valence electrons. The lowest BCUT2D eigenvalue weighted by molar-refractivity contribution is 0.0923. The second-order valence-electron chi connectivity index (χ2n) is 3.97. The van der Waals surface area contributed by atoms with Crippen LogP contribution in [0.4, 0.5) is 0 Å². The molecule has 0 N–H and O–H groups in total. The molecule has 0 radical (unpaired) electrons. The molecule has 0 saturated heterocycles. The standard InChI is InChI=1S/C12H12Cl2O/c13-9-5-6-10(11(14)7-9)12(15)8-3-1-2-4-8/h5-8H,1-4H2. The van der Waals surface area contributed by atoms with Crippen LogP contribution in [0, 0.1) is 5.92 Å². The van der Waals surface area contributed by atoms with Crippen LogP contribution in [-0.2, 0) is 0 Å². The third-order valence-corrected chi connectivity index (χ3v) is 3.47. The fourth-order valence-electron chi connectivity index (χ4n) is 2.10. The molecule has 1 fully saturated rings. The minimum Gasteiger partial charge on any atom is -0.294 e. The van der Waals surface area contributed by atoms with E-state index in [0.717, 1.165) is 25.7 Å². The van der Waals surface area contributed by atoms with E-state index in [1.807, 2.05) is 0 Å². The van der Waals surface area contributed by atoms with Crippen LogP contribution in [0.2, 0.25) is 10.0 Å². The molecule has 0 spiro atoms. The first-order chi connectivity index (χ1) is 7.18. The molecule has 0 aromatic heterocycles. The highest BCUT2D eigenvalue weighted by Gasteiger charge is 2.25. The van der Waals surface area contributed by atoms with Crippen LogP contribution in [0.3, 0.4) is 0 Å². The van der Waals surface area contributed by atoms with Crippen molar-refractivity contribution in [3.05, 3.63) is 33.8 Å². The molecule has 1 aromatic rings. The molecule has 0 amide bonds. The maximum Gasteiger partial charge on any atom is 0.167 e. The normalized spacial score (nSPS) is 16.9. The van der Waals surface area contributed by atoms with Crippen LogP contribution in [0.25, 0.3) is 0 Å². The first-order valence-electron chi connectivity index (χ1n) is 5.18. The molecule has 2 rings (SSSR count). The molecular weight excluding hydrogens is 231 g/mol. The Bertz CT molecular complexity index is 381. The maximum absolute atomic E-state index is 12.1. The summed E-state index contributed by atoms with van der Waals surface area (Å²) >= 11 is 11.8. The van der Waals surface area contributed by atoms with Gasteiger partial charge in [0.2, 0.25) is 0 Å². The Labute approximate surface area is 99.4 Å². The molecule has 0 aliphatic heterocycles. The van der Waals surface area contributed by atoms with E-state index in [9.17, 15) is 4.79 Å². The Morgan fingerprint density at radius 2 is 1.87 bits per heavy atom. The Kier molecular flexibility index (Phi) is 3.32. The van der Waals surface area contributed by atoms with Crippen molar-refractivity contribution in [2.75, 3.05) is 0 Å². The minimum absolute atomic E-state index is 0.170. The molecule has 0 atom stereocenters. The van der Waals surface area contributed by atoms with Crippen LogP contribution >= 0.6 is 23.2 Å². The van der Waals surface area contributed by atoms with Gasteiger partial charge in [-0.3, -0.25) is 4.79 Å². The van der Waals surface area contributed by atoms with Gasteiger partial charge in [-0.25, -0.2) is 0 Å². The molecule has 15 heavy (non-hydrogen) atoms. The van der Waals surface area contributed by atoms with Gasteiger partial charge in [-0.15, -0.1) is 0 Å². The van der Waals surface area contributed by atoms with E-state index in [4.69, 9.17) is 23.2 Å². The van der Waals surface area contributed by atoms with E-state index >= 15 is 0 Å². The second kappa shape index (κ2) is 4.54. The third-order valence-electron chi connectivity index (χ3n) is 2.92. The van der Waals surface area contributed by atoms with Gasteiger partial charge >= 0.3 is 0 Å². The molecule has 1 aliphatic rings. The van der Waals surface area contributed by atoms with Crippen LogP contribution in [0.15, 0.2) is 18.2 Å². The van der Waals surface area contributed by atoms with Gasteiger partial charge in [0.25, 0.3) is 0 Å². The smallest absolute Gasteiger partial charge is 0.167 e. The number of ketones is 1. The number of hydrogen-bond acceptors (Lipinski definition) is 1. The van der Waals surface area contributed by atoms with Gasteiger partial charge < -0.3 is 0 Å². The zero-order valence-electron chi connectivity index (χ0n) is 8.30. The fraction of sp³-hybridized carbons (Fsp3) is 0.417. The van der Waals surface area contributed by atoms with Gasteiger partial charge in [0.1, 0.15) is 0 Å². The molecule has 1 nitrogen and oxygen atoms in total. The van der Waals surface area contributed by atoms with Crippen molar-refractivity contribution in [3.8, 4) is 0 Å². The molecule has 0 bridgehead atoms. The van der Waals surface area contributed by atoms with E-state index in [1.54, 1.807) is 18.2 Å². The van der Waals surface area contributed by atoms with E-state index in [1.165, 1.54) is 0 Å². The summed E-state index contributed by atoms with van der Waals surface area (Å²) in [5, 5.41) is 1.04. The number of halogens is 2. The Balaban J connectivity index is 2.24. The number of carbonyl (C=O) groups excluding carboxylic acids is 1. The lowest BCUT2D eigenvalue weighted by Crippen LogP contribution is -2.11. The Hall–Kier alpha value is -0.530. The van der Waals surface area contributed by atoms with Gasteiger partial charge in [-0.1, -0.05) is 36.0 Å². The van der Waals surface area contributed by atoms with Gasteiger partial charge in [-0.05, 0) is 31.0 Å². The van der Waals surface area contributed by atoms with Gasteiger partial charge in [0, 0.05) is 16.5 Å². The van der Waals surface area contributed by atoms with Crippen molar-refractivity contribution in [1.29, 1.82) is 0 Å². The fourth-order valence-corrected chi connectivity index (χ4v) is 2.60. The summed E-state index contributed by atoms with van der Waals surface area (Å²) in [6, 6.07) is 5.08. The summed E-state index contributed by atoms with van der Waals surface area (Å²) < 4.78 is 0. The third kappa shape index (κ3) is 2.35. The number of carbonyl (C=O) groups is 1. The zero-order valence-corrected chi connectivity index (χ0v) is 9.81. The summed E-state index contributed by atoms with van der Waals surface area (Å²) in [7, 11) is 0. The topological polar surface area (TPSA) is 17.1 Å². The molecule has 3 heteroatoms. The summed E-state index contributed by atoms with van der Waals surface area (Å²) in [4.78, 5) is 12.1.